The highest BCUT2D eigenvalue weighted by molar-refractivity contribution is 5.85. The molecule has 0 heterocycles. The molecule has 0 aromatic heterocycles. The lowest BCUT2D eigenvalue weighted by Crippen LogP contribution is -2.28. The molecular weight excluding hydrogens is 152 g/mol. The Bertz CT molecular complexity index is 174. The average Bonchev–Trinajstić information content (AvgIpc) is 2.79. The van der Waals surface area contributed by atoms with Crippen molar-refractivity contribution in [2.24, 2.45) is 11.8 Å². The Kier molecular flexibility index (Phi) is 2.18. The first kappa shape index (κ1) is 8.24. The summed E-state index contributed by atoms with van der Waals surface area (Å²) >= 11 is 0. The van der Waals surface area contributed by atoms with Crippen LogP contribution in [0.2, 0.25) is 0 Å². The van der Waals surface area contributed by atoms with Crippen LogP contribution in [0.5, 0.6) is 0 Å². The number of hydrogen-bond donors (Lipinski definition) is 1. The number of aliphatic hydroxyl groups excluding tert-OH is 1. The fourth-order valence-electron chi connectivity index (χ4n) is 2.10. The normalized spacial score (nSPS) is 27.4. The molecule has 2 heteroatoms. The highest BCUT2D eigenvalue weighted by atomic mass is 16.3. The first-order valence-corrected chi connectivity index (χ1v) is 5.01. The van der Waals surface area contributed by atoms with Crippen LogP contribution in [0.4, 0.5) is 0 Å². The van der Waals surface area contributed by atoms with E-state index in [1.807, 2.05) is 0 Å². The van der Waals surface area contributed by atoms with Gasteiger partial charge in [-0.15, -0.1) is 0 Å². The Morgan fingerprint density at radius 2 is 1.75 bits per heavy atom. The van der Waals surface area contributed by atoms with E-state index < -0.39 is 6.10 Å². The molecule has 0 radical (unpaired) electrons. The van der Waals surface area contributed by atoms with Crippen molar-refractivity contribution < 1.29 is 9.90 Å². The van der Waals surface area contributed by atoms with Crippen LogP contribution in [0.15, 0.2) is 0 Å². The lowest BCUT2D eigenvalue weighted by Gasteiger charge is -2.12. The summed E-state index contributed by atoms with van der Waals surface area (Å²) in [5.74, 6) is 0.647. The van der Waals surface area contributed by atoms with Gasteiger partial charge in [-0.05, 0) is 31.6 Å². The van der Waals surface area contributed by atoms with Crippen LogP contribution in [-0.4, -0.2) is 17.0 Å². The van der Waals surface area contributed by atoms with Gasteiger partial charge < -0.3 is 5.11 Å². The van der Waals surface area contributed by atoms with Gasteiger partial charge in [-0.2, -0.15) is 0 Å². The smallest absolute Gasteiger partial charge is 0.164 e. The summed E-state index contributed by atoms with van der Waals surface area (Å²) in [7, 11) is 0. The van der Waals surface area contributed by atoms with Gasteiger partial charge in [-0.1, -0.05) is 12.8 Å². The van der Waals surface area contributed by atoms with E-state index in [-0.39, 0.29) is 11.7 Å². The van der Waals surface area contributed by atoms with Crippen LogP contribution in [0.25, 0.3) is 0 Å². The van der Waals surface area contributed by atoms with E-state index in [0.717, 1.165) is 25.7 Å². The van der Waals surface area contributed by atoms with Gasteiger partial charge in [0.2, 0.25) is 0 Å². The Morgan fingerprint density at radius 1 is 1.17 bits per heavy atom. The molecule has 2 nitrogen and oxygen atoms in total. The summed E-state index contributed by atoms with van der Waals surface area (Å²) in [6.07, 6.45) is 5.87. The molecule has 2 saturated carbocycles. The quantitative estimate of drug-likeness (QED) is 0.693. The number of hydrogen-bond acceptors (Lipinski definition) is 2. The molecule has 2 fully saturated rings. The van der Waals surface area contributed by atoms with Gasteiger partial charge in [0.1, 0.15) is 6.10 Å². The van der Waals surface area contributed by atoms with Crippen molar-refractivity contribution in [2.75, 3.05) is 0 Å². The minimum Gasteiger partial charge on any atom is -0.385 e. The average molecular weight is 168 g/mol. The number of carbonyl (C=O) groups is 1. The molecular formula is C10H16O2. The number of Topliss-reactive ketones (excluding diaryl/α,β-unsaturated/α-hetero) is 1. The van der Waals surface area contributed by atoms with Gasteiger partial charge in [0, 0.05) is 5.92 Å². The molecule has 0 aromatic rings. The molecule has 1 atom stereocenters. The lowest BCUT2D eigenvalue weighted by atomic mass is 9.96. The van der Waals surface area contributed by atoms with E-state index in [9.17, 15) is 9.90 Å². The highest BCUT2D eigenvalue weighted by Crippen LogP contribution is 2.36. The number of rotatable bonds is 3. The molecule has 12 heavy (non-hydrogen) atoms. The zero-order valence-corrected chi connectivity index (χ0v) is 7.33. The Balaban J connectivity index is 1.88. The van der Waals surface area contributed by atoms with E-state index in [1.165, 1.54) is 12.8 Å². The van der Waals surface area contributed by atoms with Crippen molar-refractivity contribution in [3.8, 4) is 0 Å². The van der Waals surface area contributed by atoms with Gasteiger partial charge in [0.15, 0.2) is 5.78 Å². The number of aliphatic hydroxyl groups is 1. The third kappa shape index (κ3) is 1.53. The van der Waals surface area contributed by atoms with Crippen LogP contribution in [0.3, 0.4) is 0 Å². The number of carbonyl (C=O) groups excluding carboxylic acids is 1. The minimum atomic E-state index is -0.618. The van der Waals surface area contributed by atoms with Crippen LogP contribution in [0.1, 0.15) is 38.5 Å². The van der Waals surface area contributed by atoms with Gasteiger partial charge in [-0.25, -0.2) is 0 Å². The second-order valence-electron chi connectivity index (χ2n) is 4.17. The highest BCUT2D eigenvalue weighted by Gasteiger charge is 2.38. The molecule has 68 valence electrons. The Morgan fingerprint density at radius 3 is 2.25 bits per heavy atom. The van der Waals surface area contributed by atoms with Gasteiger partial charge in [0.05, 0.1) is 0 Å². The van der Waals surface area contributed by atoms with Gasteiger partial charge in [-0.3, -0.25) is 4.79 Å². The molecule has 0 bridgehead atoms. The van der Waals surface area contributed by atoms with Crippen LogP contribution < -0.4 is 0 Å². The summed E-state index contributed by atoms with van der Waals surface area (Å²) < 4.78 is 0. The van der Waals surface area contributed by atoms with Crippen LogP contribution >= 0.6 is 0 Å². The standard InChI is InChI=1S/C10H16O2/c11-9(7-3-1-2-4-7)10(12)8-5-6-8/h7-8,10,12H,1-6H2. The van der Waals surface area contributed by atoms with Crippen molar-refractivity contribution in [1.82, 2.24) is 0 Å². The van der Waals surface area contributed by atoms with E-state index in [2.05, 4.69) is 0 Å². The molecule has 2 aliphatic carbocycles. The summed E-state index contributed by atoms with van der Waals surface area (Å²) in [4.78, 5) is 11.6. The molecule has 1 unspecified atom stereocenters. The first-order valence-electron chi connectivity index (χ1n) is 5.01. The molecule has 2 aliphatic rings. The molecule has 0 saturated heterocycles. The summed E-state index contributed by atoms with van der Waals surface area (Å²) in [5, 5.41) is 9.57. The minimum absolute atomic E-state index is 0.134. The van der Waals surface area contributed by atoms with Crippen LogP contribution in [0, 0.1) is 11.8 Å². The number of ketones is 1. The van der Waals surface area contributed by atoms with E-state index in [1.54, 1.807) is 0 Å². The molecule has 1 N–H and O–H groups in total. The monoisotopic (exact) mass is 168 g/mol. The Labute approximate surface area is 73.0 Å². The molecule has 0 aromatic carbocycles. The molecule has 0 spiro atoms. The summed E-state index contributed by atoms with van der Waals surface area (Å²) in [5.41, 5.74) is 0. The zero-order chi connectivity index (χ0) is 8.55. The zero-order valence-electron chi connectivity index (χ0n) is 7.33. The second kappa shape index (κ2) is 3.17. The topological polar surface area (TPSA) is 37.3 Å². The lowest BCUT2D eigenvalue weighted by molar-refractivity contribution is -0.132. The van der Waals surface area contributed by atoms with Crippen molar-refractivity contribution in [3.05, 3.63) is 0 Å². The second-order valence-corrected chi connectivity index (χ2v) is 4.17. The van der Waals surface area contributed by atoms with Crippen molar-refractivity contribution in [1.29, 1.82) is 0 Å². The fourth-order valence-corrected chi connectivity index (χ4v) is 2.10. The maximum absolute atomic E-state index is 11.6. The largest absolute Gasteiger partial charge is 0.385 e. The molecule has 2 rings (SSSR count). The van der Waals surface area contributed by atoms with Crippen molar-refractivity contribution in [2.45, 2.75) is 44.6 Å². The fraction of sp³-hybridized carbons (Fsp3) is 0.900. The predicted molar refractivity (Wildman–Crippen MR) is 45.7 cm³/mol. The maximum atomic E-state index is 11.6. The third-order valence-electron chi connectivity index (χ3n) is 3.12. The Hall–Kier alpha value is -0.370. The first-order chi connectivity index (χ1) is 5.79. The van der Waals surface area contributed by atoms with E-state index in [0.29, 0.717) is 5.92 Å². The van der Waals surface area contributed by atoms with Gasteiger partial charge in [0.25, 0.3) is 0 Å². The van der Waals surface area contributed by atoms with Crippen molar-refractivity contribution in [3.63, 3.8) is 0 Å². The summed E-state index contributed by atoms with van der Waals surface area (Å²) in [6, 6.07) is 0. The molecule has 0 aliphatic heterocycles. The van der Waals surface area contributed by atoms with Crippen molar-refractivity contribution >= 4 is 5.78 Å². The maximum Gasteiger partial charge on any atom is 0.164 e. The SMILES string of the molecule is O=C(C1CCCC1)C(O)C1CC1. The van der Waals surface area contributed by atoms with Gasteiger partial charge >= 0.3 is 0 Å². The van der Waals surface area contributed by atoms with E-state index >= 15 is 0 Å². The van der Waals surface area contributed by atoms with Crippen LogP contribution in [-0.2, 0) is 4.79 Å². The summed E-state index contributed by atoms with van der Waals surface area (Å²) in [6.45, 7) is 0. The predicted octanol–water partition coefficient (Wildman–Crippen LogP) is 1.52. The molecule has 0 amide bonds. The third-order valence-corrected chi connectivity index (χ3v) is 3.12. The van der Waals surface area contributed by atoms with E-state index in [4.69, 9.17) is 0 Å².